The van der Waals surface area contributed by atoms with Gasteiger partial charge in [0.05, 0.1) is 0 Å². The van der Waals surface area contributed by atoms with Crippen molar-refractivity contribution < 1.29 is 14.3 Å². The lowest BCUT2D eigenvalue weighted by Crippen LogP contribution is -2.44. The maximum atomic E-state index is 12.4. The molecule has 2 rings (SSSR count). The summed E-state index contributed by atoms with van der Waals surface area (Å²) in [6.45, 7) is 9.30. The van der Waals surface area contributed by atoms with E-state index in [1.807, 2.05) is 48.5 Å². The van der Waals surface area contributed by atoms with Crippen molar-refractivity contribution in [3.05, 3.63) is 71.3 Å². The van der Waals surface area contributed by atoms with E-state index in [1.54, 1.807) is 6.92 Å². The highest BCUT2D eigenvalue weighted by molar-refractivity contribution is 5.85. The molecule has 156 valence electrons. The number of ether oxygens (including phenoxy) is 1. The molecule has 0 aliphatic carbocycles. The maximum Gasteiger partial charge on any atom is 0.408 e. The molecule has 1 unspecified atom stereocenters. The molecule has 6 nitrogen and oxygen atoms in total. The number of alkyl carbamates (subject to hydrolysis) is 1. The summed E-state index contributed by atoms with van der Waals surface area (Å²) in [4.78, 5) is 26.6. The zero-order valence-corrected chi connectivity index (χ0v) is 17.5. The number of carbonyl (C=O) groups excluding carboxylic acids is 2. The molecule has 0 aliphatic heterocycles. The van der Waals surface area contributed by atoms with Crippen LogP contribution in [-0.2, 0) is 29.2 Å². The van der Waals surface area contributed by atoms with E-state index in [0.717, 1.165) is 30.8 Å². The minimum Gasteiger partial charge on any atom is -0.445 e. The van der Waals surface area contributed by atoms with Gasteiger partial charge >= 0.3 is 6.09 Å². The minimum atomic E-state index is -0.687. The molecule has 0 heterocycles. The van der Waals surface area contributed by atoms with Crippen molar-refractivity contribution in [1.82, 2.24) is 15.5 Å². The van der Waals surface area contributed by atoms with E-state index in [2.05, 4.69) is 35.4 Å². The van der Waals surface area contributed by atoms with Gasteiger partial charge in [-0.05, 0) is 36.7 Å². The smallest absolute Gasteiger partial charge is 0.408 e. The fraction of sp³-hybridized carbons (Fsp3) is 0.391. The van der Waals surface area contributed by atoms with Gasteiger partial charge in [-0.1, -0.05) is 68.4 Å². The van der Waals surface area contributed by atoms with E-state index in [1.165, 1.54) is 5.56 Å². The number of nitrogens with one attached hydrogen (secondary N) is 2. The normalized spacial score (nSPS) is 11.7. The molecule has 1 atom stereocenters. The van der Waals surface area contributed by atoms with Crippen molar-refractivity contribution in [3.63, 3.8) is 0 Å². The minimum absolute atomic E-state index is 0.166. The summed E-state index contributed by atoms with van der Waals surface area (Å²) in [6, 6.07) is 16.8. The largest absolute Gasteiger partial charge is 0.445 e. The Morgan fingerprint density at radius 1 is 0.966 bits per heavy atom. The molecular formula is C23H31N3O3. The Kier molecular flexibility index (Phi) is 9.18. The number of hydrogen-bond donors (Lipinski definition) is 2. The van der Waals surface area contributed by atoms with Crippen LogP contribution < -0.4 is 10.6 Å². The van der Waals surface area contributed by atoms with Crippen LogP contribution >= 0.6 is 0 Å². The lowest BCUT2D eigenvalue weighted by Gasteiger charge is -2.20. The first kappa shape index (κ1) is 22.4. The second kappa shape index (κ2) is 11.9. The van der Waals surface area contributed by atoms with E-state index in [9.17, 15) is 9.59 Å². The van der Waals surface area contributed by atoms with E-state index < -0.39 is 12.1 Å². The first-order valence-corrected chi connectivity index (χ1v) is 10.1. The van der Waals surface area contributed by atoms with Crippen molar-refractivity contribution in [3.8, 4) is 0 Å². The van der Waals surface area contributed by atoms with Gasteiger partial charge in [-0.25, -0.2) is 4.79 Å². The van der Waals surface area contributed by atoms with E-state index in [4.69, 9.17) is 4.74 Å². The van der Waals surface area contributed by atoms with Crippen molar-refractivity contribution >= 4 is 12.0 Å². The van der Waals surface area contributed by atoms with Crippen LogP contribution in [0.2, 0.25) is 0 Å². The third kappa shape index (κ3) is 7.58. The van der Waals surface area contributed by atoms with Crippen LogP contribution in [0.4, 0.5) is 4.79 Å². The predicted octanol–water partition coefficient (Wildman–Crippen LogP) is 3.46. The number of benzene rings is 2. The molecule has 2 amide bonds. The summed E-state index contributed by atoms with van der Waals surface area (Å²) in [5, 5.41) is 5.47. The molecule has 0 saturated carbocycles. The van der Waals surface area contributed by atoms with Crippen molar-refractivity contribution in [1.29, 1.82) is 0 Å². The quantitative estimate of drug-likeness (QED) is 0.644. The highest BCUT2D eigenvalue weighted by Gasteiger charge is 2.16. The van der Waals surface area contributed by atoms with Crippen molar-refractivity contribution in [2.45, 2.75) is 46.5 Å². The van der Waals surface area contributed by atoms with Gasteiger partial charge in [0.15, 0.2) is 0 Å². The average Bonchev–Trinajstić information content (AvgIpc) is 2.75. The molecule has 6 heteroatoms. The van der Waals surface area contributed by atoms with Crippen LogP contribution in [0.5, 0.6) is 0 Å². The molecule has 0 bridgehead atoms. The van der Waals surface area contributed by atoms with Crippen molar-refractivity contribution in [2.24, 2.45) is 0 Å². The van der Waals surface area contributed by atoms with Gasteiger partial charge < -0.3 is 15.4 Å². The zero-order valence-electron chi connectivity index (χ0n) is 17.5. The SMILES string of the molecule is CCN(CC)Cc1ccccc1CNC(=O)C(C)NC(=O)OCc1ccccc1. The molecular weight excluding hydrogens is 366 g/mol. The first-order chi connectivity index (χ1) is 14.0. The number of amides is 2. The summed E-state index contributed by atoms with van der Waals surface area (Å²) in [5.74, 6) is -0.251. The van der Waals surface area contributed by atoms with Gasteiger partial charge in [-0.2, -0.15) is 0 Å². The fourth-order valence-electron chi connectivity index (χ4n) is 2.91. The summed E-state index contributed by atoms with van der Waals surface area (Å²) in [7, 11) is 0. The van der Waals surface area contributed by atoms with Gasteiger partial charge in [-0.15, -0.1) is 0 Å². The monoisotopic (exact) mass is 397 g/mol. The second-order valence-corrected chi connectivity index (χ2v) is 6.88. The number of nitrogens with zero attached hydrogens (tertiary/aromatic N) is 1. The van der Waals surface area contributed by atoms with Gasteiger partial charge in [0.2, 0.25) is 5.91 Å². The zero-order chi connectivity index (χ0) is 21.1. The molecule has 2 aromatic carbocycles. The van der Waals surface area contributed by atoms with Gasteiger partial charge in [0.1, 0.15) is 12.6 Å². The molecule has 0 aromatic heterocycles. The molecule has 0 aliphatic rings. The Morgan fingerprint density at radius 2 is 1.59 bits per heavy atom. The Labute approximate surface area is 173 Å². The number of carbonyl (C=O) groups is 2. The van der Waals surface area contributed by atoms with Crippen LogP contribution in [0.15, 0.2) is 54.6 Å². The predicted molar refractivity (Wildman–Crippen MR) is 114 cm³/mol. The highest BCUT2D eigenvalue weighted by atomic mass is 16.5. The topological polar surface area (TPSA) is 70.7 Å². The third-order valence-corrected chi connectivity index (χ3v) is 4.80. The van der Waals surface area contributed by atoms with E-state index in [0.29, 0.717) is 6.54 Å². The van der Waals surface area contributed by atoms with Crippen LogP contribution in [0.25, 0.3) is 0 Å². The maximum absolute atomic E-state index is 12.4. The Hall–Kier alpha value is -2.86. The molecule has 2 N–H and O–H groups in total. The summed E-state index contributed by atoms with van der Waals surface area (Å²) >= 11 is 0. The standard InChI is InChI=1S/C23H31N3O3/c1-4-26(5-2)16-21-14-10-9-13-20(21)15-24-22(27)18(3)25-23(28)29-17-19-11-7-6-8-12-19/h6-14,18H,4-5,15-17H2,1-3H3,(H,24,27)(H,25,28). The van der Waals surface area contributed by atoms with E-state index in [-0.39, 0.29) is 12.5 Å². The molecule has 29 heavy (non-hydrogen) atoms. The molecule has 2 aromatic rings. The lowest BCUT2D eigenvalue weighted by molar-refractivity contribution is -0.122. The highest BCUT2D eigenvalue weighted by Crippen LogP contribution is 2.12. The third-order valence-electron chi connectivity index (χ3n) is 4.80. The molecule has 0 fully saturated rings. The van der Waals surface area contributed by atoms with E-state index >= 15 is 0 Å². The molecule has 0 saturated heterocycles. The van der Waals surface area contributed by atoms with Crippen LogP contribution in [0.3, 0.4) is 0 Å². The summed E-state index contributed by atoms with van der Waals surface area (Å²) in [6.07, 6.45) is -0.613. The summed E-state index contributed by atoms with van der Waals surface area (Å²) in [5.41, 5.74) is 3.16. The summed E-state index contributed by atoms with van der Waals surface area (Å²) < 4.78 is 5.16. The molecule has 0 spiro atoms. The first-order valence-electron chi connectivity index (χ1n) is 10.1. The Morgan fingerprint density at radius 3 is 2.24 bits per heavy atom. The molecule has 0 radical (unpaired) electrons. The second-order valence-electron chi connectivity index (χ2n) is 6.88. The van der Waals surface area contributed by atoms with Crippen LogP contribution in [0.1, 0.15) is 37.5 Å². The Balaban J connectivity index is 1.81. The van der Waals surface area contributed by atoms with Crippen LogP contribution in [-0.4, -0.2) is 36.0 Å². The van der Waals surface area contributed by atoms with Crippen molar-refractivity contribution in [2.75, 3.05) is 13.1 Å². The van der Waals surface area contributed by atoms with Crippen LogP contribution in [0, 0.1) is 0 Å². The number of hydrogen-bond acceptors (Lipinski definition) is 4. The van der Waals surface area contributed by atoms with Gasteiger partial charge in [0, 0.05) is 13.1 Å². The fourth-order valence-corrected chi connectivity index (χ4v) is 2.91. The van der Waals surface area contributed by atoms with Gasteiger partial charge in [-0.3, -0.25) is 9.69 Å². The Bertz CT molecular complexity index is 776. The lowest BCUT2D eigenvalue weighted by atomic mass is 10.1. The van der Waals surface area contributed by atoms with Gasteiger partial charge in [0.25, 0.3) is 0 Å². The average molecular weight is 398 g/mol. The number of rotatable bonds is 10.